The summed E-state index contributed by atoms with van der Waals surface area (Å²) < 4.78 is 1.72. The number of hydrogen-bond donors (Lipinski definition) is 1. The van der Waals surface area contributed by atoms with Crippen LogP contribution in [0.4, 0.5) is 11.4 Å². The number of rotatable bonds is 3. The first-order chi connectivity index (χ1) is 15.0. The molecule has 2 aliphatic rings. The van der Waals surface area contributed by atoms with Crippen molar-refractivity contribution >= 4 is 66.6 Å². The summed E-state index contributed by atoms with van der Waals surface area (Å²) in [5, 5.41) is 2.43. The van der Waals surface area contributed by atoms with Crippen molar-refractivity contribution in [2.24, 2.45) is 5.92 Å². The highest BCUT2D eigenvalue weighted by molar-refractivity contribution is 9.11. The fourth-order valence-corrected chi connectivity index (χ4v) is 5.63. The maximum atomic E-state index is 13.6. The van der Waals surface area contributed by atoms with Crippen LogP contribution in [0.5, 0.6) is 0 Å². The van der Waals surface area contributed by atoms with Gasteiger partial charge in [0.15, 0.2) is 0 Å². The minimum absolute atomic E-state index is 0.218. The molecule has 3 aromatic rings. The van der Waals surface area contributed by atoms with E-state index in [4.69, 9.17) is 11.6 Å². The van der Waals surface area contributed by atoms with Crippen LogP contribution in [-0.2, 0) is 9.59 Å². The summed E-state index contributed by atoms with van der Waals surface area (Å²) in [4.78, 5) is 28.4. The molecule has 3 unspecified atom stereocenters. The molecule has 2 saturated heterocycles. The molecule has 1 N–H and O–H groups in total. The molecule has 3 aromatic carbocycles. The van der Waals surface area contributed by atoms with E-state index in [-0.39, 0.29) is 17.9 Å². The summed E-state index contributed by atoms with van der Waals surface area (Å²) in [6.07, 6.45) is 0. The minimum atomic E-state index is -0.675. The molecule has 2 fully saturated rings. The normalized spacial score (nSPS) is 22.9. The number of anilines is 2. The summed E-state index contributed by atoms with van der Waals surface area (Å²) in [7, 11) is 0. The SMILES string of the molecule is O=C1C2C(c3ccc(Cl)cc3)NN(c3ccc(Br)cc3Br)C2C(=O)N1c1ccccc1. The van der Waals surface area contributed by atoms with Crippen LogP contribution in [0.2, 0.25) is 5.02 Å². The Morgan fingerprint density at radius 3 is 2.26 bits per heavy atom. The van der Waals surface area contributed by atoms with Gasteiger partial charge in [0.2, 0.25) is 5.91 Å². The molecule has 0 spiro atoms. The molecule has 0 aliphatic carbocycles. The van der Waals surface area contributed by atoms with Crippen molar-refractivity contribution in [1.82, 2.24) is 5.43 Å². The van der Waals surface area contributed by atoms with Crippen molar-refractivity contribution in [3.05, 3.63) is 92.3 Å². The molecule has 5 nitrogen and oxygen atoms in total. The Bertz CT molecular complexity index is 1170. The average molecular weight is 562 g/mol. The van der Waals surface area contributed by atoms with Gasteiger partial charge in [0.05, 0.1) is 23.3 Å². The molecule has 8 heteroatoms. The Morgan fingerprint density at radius 2 is 1.58 bits per heavy atom. The number of halogens is 3. The van der Waals surface area contributed by atoms with Crippen LogP contribution >= 0.6 is 43.5 Å². The number of carbonyl (C=O) groups is 2. The van der Waals surface area contributed by atoms with Gasteiger partial charge in [0.1, 0.15) is 6.04 Å². The third-order valence-electron chi connectivity index (χ3n) is 5.65. The monoisotopic (exact) mass is 559 g/mol. The molecular formula is C23H16Br2ClN3O2. The van der Waals surface area contributed by atoms with Gasteiger partial charge in [-0.25, -0.2) is 10.3 Å². The molecule has 5 rings (SSSR count). The van der Waals surface area contributed by atoms with Crippen LogP contribution < -0.4 is 15.3 Å². The van der Waals surface area contributed by atoms with E-state index in [0.717, 1.165) is 20.2 Å². The average Bonchev–Trinajstić information content (AvgIpc) is 3.26. The molecule has 2 heterocycles. The van der Waals surface area contributed by atoms with E-state index in [9.17, 15) is 9.59 Å². The zero-order chi connectivity index (χ0) is 21.7. The van der Waals surface area contributed by atoms with Crippen LogP contribution in [0.1, 0.15) is 11.6 Å². The number of benzene rings is 3. The van der Waals surface area contributed by atoms with E-state index >= 15 is 0 Å². The van der Waals surface area contributed by atoms with E-state index in [0.29, 0.717) is 10.7 Å². The van der Waals surface area contributed by atoms with Gasteiger partial charge in [0.25, 0.3) is 5.91 Å². The van der Waals surface area contributed by atoms with Gasteiger partial charge < -0.3 is 0 Å². The van der Waals surface area contributed by atoms with E-state index in [1.54, 1.807) is 24.3 Å². The zero-order valence-electron chi connectivity index (χ0n) is 16.0. The van der Waals surface area contributed by atoms with Gasteiger partial charge in [0, 0.05) is 14.0 Å². The first-order valence-electron chi connectivity index (χ1n) is 9.64. The predicted octanol–water partition coefficient (Wildman–Crippen LogP) is 5.49. The largest absolute Gasteiger partial charge is 0.293 e. The van der Waals surface area contributed by atoms with Crippen LogP contribution in [0.15, 0.2) is 81.7 Å². The van der Waals surface area contributed by atoms with Gasteiger partial charge in [-0.1, -0.05) is 57.9 Å². The van der Waals surface area contributed by atoms with Crippen molar-refractivity contribution in [1.29, 1.82) is 0 Å². The molecule has 0 aromatic heterocycles. The number of fused-ring (bicyclic) bond motifs is 1. The first kappa shape index (κ1) is 20.7. The van der Waals surface area contributed by atoms with Crippen molar-refractivity contribution < 1.29 is 9.59 Å². The van der Waals surface area contributed by atoms with Crippen LogP contribution in [0, 0.1) is 5.92 Å². The Kier molecular flexibility index (Phi) is 5.38. The highest BCUT2D eigenvalue weighted by Crippen LogP contribution is 2.45. The first-order valence-corrected chi connectivity index (χ1v) is 11.6. The second kappa shape index (κ2) is 8.06. The zero-order valence-corrected chi connectivity index (χ0v) is 19.9. The fraction of sp³-hybridized carbons (Fsp3) is 0.130. The number of imide groups is 1. The fourth-order valence-electron chi connectivity index (χ4n) is 4.26. The van der Waals surface area contributed by atoms with Crippen molar-refractivity contribution in [3.63, 3.8) is 0 Å². The van der Waals surface area contributed by atoms with E-state index in [1.165, 1.54) is 4.90 Å². The Balaban J connectivity index is 1.62. The van der Waals surface area contributed by atoms with Gasteiger partial charge in [-0.3, -0.25) is 14.6 Å². The third-order valence-corrected chi connectivity index (χ3v) is 7.03. The van der Waals surface area contributed by atoms with Crippen LogP contribution in [0.3, 0.4) is 0 Å². The topological polar surface area (TPSA) is 52.7 Å². The highest BCUT2D eigenvalue weighted by Gasteiger charge is 2.59. The summed E-state index contributed by atoms with van der Waals surface area (Å²) in [6.45, 7) is 0. The smallest absolute Gasteiger partial charge is 0.258 e. The highest BCUT2D eigenvalue weighted by atomic mass is 79.9. The van der Waals surface area contributed by atoms with Gasteiger partial charge in [-0.2, -0.15) is 0 Å². The van der Waals surface area contributed by atoms with Crippen LogP contribution in [0.25, 0.3) is 0 Å². The number of hydrogen-bond acceptors (Lipinski definition) is 4. The molecule has 0 bridgehead atoms. The number of nitrogens with zero attached hydrogens (tertiary/aromatic N) is 2. The van der Waals surface area contributed by atoms with Crippen molar-refractivity contribution in [3.8, 4) is 0 Å². The Hall–Kier alpha value is -2.19. The van der Waals surface area contributed by atoms with Gasteiger partial charge in [-0.15, -0.1) is 0 Å². The molecule has 31 heavy (non-hydrogen) atoms. The number of amides is 2. The number of carbonyl (C=O) groups excluding carboxylic acids is 2. The minimum Gasteiger partial charge on any atom is -0.293 e. The maximum absolute atomic E-state index is 13.6. The molecule has 2 amide bonds. The van der Waals surface area contributed by atoms with E-state index < -0.39 is 12.0 Å². The second-order valence-electron chi connectivity index (χ2n) is 7.44. The molecule has 156 valence electrons. The molecule has 0 saturated carbocycles. The van der Waals surface area contributed by atoms with Gasteiger partial charge in [-0.05, 0) is 64.0 Å². The Labute approximate surface area is 201 Å². The summed E-state index contributed by atoms with van der Waals surface area (Å²) in [6, 6.07) is 21.1. The lowest BCUT2D eigenvalue weighted by molar-refractivity contribution is -0.122. The molecule has 2 aliphatic heterocycles. The van der Waals surface area contributed by atoms with Crippen LogP contribution in [-0.4, -0.2) is 17.9 Å². The summed E-state index contributed by atoms with van der Waals surface area (Å²) >= 11 is 13.1. The summed E-state index contributed by atoms with van der Waals surface area (Å²) in [5.41, 5.74) is 5.67. The number of hydrazine groups is 1. The third kappa shape index (κ3) is 3.49. The summed E-state index contributed by atoms with van der Waals surface area (Å²) in [5.74, 6) is -1.05. The standard InChI is InChI=1S/C23H16Br2ClN3O2/c24-14-8-11-18(17(25)12-14)29-21-19(20(27-29)13-6-9-15(26)10-7-13)22(30)28(23(21)31)16-4-2-1-3-5-16/h1-12,19-21,27H. The quantitative estimate of drug-likeness (QED) is 0.430. The van der Waals surface area contributed by atoms with E-state index in [1.807, 2.05) is 53.5 Å². The maximum Gasteiger partial charge on any atom is 0.258 e. The molecular weight excluding hydrogens is 546 g/mol. The lowest BCUT2D eigenvalue weighted by atomic mass is 9.91. The molecule has 0 radical (unpaired) electrons. The van der Waals surface area contributed by atoms with Gasteiger partial charge >= 0.3 is 0 Å². The van der Waals surface area contributed by atoms with Crippen molar-refractivity contribution in [2.45, 2.75) is 12.1 Å². The second-order valence-corrected chi connectivity index (χ2v) is 9.65. The lowest BCUT2D eigenvalue weighted by Gasteiger charge is -2.27. The predicted molar refractivity (Wildman–Crippen MR) is 128 cm³/mol. The van der Waals surface area contributed by atoms with Crippen molar-refractivity contribution in [2.75, 3.05) is 9.91 Å². The number of nitrogens with one attached hydrogen (secondary N) is 1. The van der Waals surface area contributed by atoms with E-state index in [2.05, 4.69) is 37.3 Å². The Morgan fingerprint density at radius 1 is 0.871 bits per heavy atom. The number of para-hydroxylation sites is 1. The lowest BCUT2D eigenvalue weighted by Crippen LogP contribution is -2.45. The molecule has 3 atom stereocenters.